The van der Waals surface area contributed by atoms with Gasteiger partial charge in [-0.1, -0.05) is 31.2 Å². The number of morpholine rings is 1. The molecule has 28 heavy (non-hydrogen) atoms. The predicted octanol–water partition coefficient (Wildman–Crippen LogP) is 3.50. The van der Waals surface area contributed by atoms with Gasteiger partial charge in [-0.3, -0.25) is 9.59 Å². The molecule has 1 saturated heterocycles. The highest BCUT2D eigenvalue weighted by atomic mass is 19.1. The van der Waals surface area contributed by atoms with Crippen molar-refractivity contribution in [2.24, 2.45) is 5.92 Å². The first kappa shape index (κ1) is 20.0. The second kappa shape index (κ2) is 8.97. The lowest BCUT2D eigenvalue weighted by Gasteiger charge is -2.33. The maximum atomic E-state index is 13.8. The Hall–Kier alpha value is -2.73. The number of carbonyl (C=O) groups is 2. The summed E-state index contributed by atoms with van der Waals surface area (Å²) in [5, 5.41) is 2.83. The van der Waals surface area contributed by atoms with E-state index in [1.165, 1.54) is 6.07 Å². The highest BCUT2D eigenvalue weighted by Gasteiger charge is 2.25. The fourth-order valence-electron chi connectivity index (χ4n) is 3.28. The number of amides is 2. The summed E-state index contributed by atoms with van der Waals surface area (Å²) in [6.07, 6.45) is 0.308. The zero-order chi connectivity index (χ0) is 20.1. The molecule has 1 N–H and O–H groups in total. The van der Waals surface area contributed by atoms with E-state index >= 15 is 0 Å². The highest BCUT2D eigenvalue weighted by molar-refractivity contribution is 5.97. The van der Waals surface area contributed by atoms with Crippen LogP contribution in [0.2, 0.25) is 0 Å². The Bertz CT molecular complexity index is 855. The van der Waals surface area contributed by atoms with Gasteiger partial charge in [0.05, 0.1) is 19.3 Å². The first-order valence-corrected chi connectivity index (χ1v) is 9.48. The van der Waals surface area contributed by atoms with E-state index in [2.05, 4.69) is 5.32 Å². The predicted molar refractivity (Wildman–Crippen MR) is 106 cm³/mol. The topological polar surface area (TPSA) is 58.6 Å². The fraction of sp³-hybridized carbons (Fsp3) is 0.364. The van der Waals surface area contributed by atoms with E-state index in [1.54, 1.807) is 54.3 Å². The van der Waals surface area contributed by atoms with Gasteiger partial charge < -0.3 is 15.0 Å². The van der Waals surface area contributed by atoms with E-state index in [4.69, 9.17) is 4.74 Å². The molecule has 0 bridgehead atoms. The smallest absolute Gasteiger partial charge is 0.254 e. The lowest BCUT2D eigenvalue weighted by atomic mass is 10.00. The molecule has 0 spiro atoms. The van der Waals surface area contributed by atoms with Crippen LogP contribution in [0.3, 0.4) is 0 Å². The van der Waals surface area contributed by atoms with Gasteiger partial charge in [0.1, 0.15) is 5.82 Å². The van der Waals surface area contributed by atoms with Crippen molar-refractivity contribution in [2.75, 3.05) is 25.1 Å². The molecule has 0 radical (unpaired) electrons. The number of hydrogen-bond acceptors (Lipinski definition) is 3. The third-order valence-electron chi connectivity index (χ3n) is 4.94. The molecule has 2 aromatic carbocycles. The lowest BCUT2D eigenvalue weighted by molar-refractivity contribution is -0.119. The first-order valence-electron chi connectivity index (χ1n) is 9.48. The maximum absolute atomic E-state index is 13.8. The molecule has 2 amide bonds. The van der Waals surface area contributed by atoms with Crippen molar-refractivity contribution in [1.82, 2.24) is 4.90 Å². The molecular formula is C22H25FN2O3. The van der Waals surface area contributed by atoms with E-state index in [1.807, 2.05) is 6.92 Å². The van der Waals surface area contributed by atoms with Crippen molar-refractivity contribution >= 4 is 17.5 Å². The molecule has 1 fully saturated rings. The Morgan fingerprint density at radius 3 is 2.79 bits per heavy atom. The third-order valence-corrected chi connectivity index (χ3v) is 4.94. The van der Waals surface area contributed by atoms with Crippen LogP contribution < -0.4 is 5.32 Å². The quantitative estimate of drug-likeness (QED) is 0.858. The van der Waals surface area contributed by atoms with Crippen molar-refractivity contribution < 1.29 is 18.7 Å². The number of nitrogens with zero attached hydrogens (tertiary/aromatic N) is 1. The summed E-state index contributed by atoms with van der Waals surface area (Å²) in [4.78, 5) is 27.1. The van der Waals surface area contributed by atoms with Gasteiger partial charge in [0.2, 0.25) is 5.91 Å². The number of rotatable bonds is 5. The summed E-state index contributed by atoms with van der Waals surface area (Å²) >= 11 is 0. The number of anilines is 1. The van der Waals surface area contributed by atoms with Gasteiger partial charge in [0, 0.05) is 23.7 Å². The SMILES string of the molecule is CC(Cc1ccccc1F)C(=O)Nc1cccc(C(=O)N2CCOCC2C)c1. The molecule has 2 unspecified atom stereocenters. The number of halogens is 1. The van der Waals surface area contributed by atoms with E-state index in [0.29, 0.717) is 43.0 Å². The molecular weight excluding hydrogens is 359 g/mol. The summed E-state index contributed by atoms with van der Waals surface area (Å²) in [6, 6.07) is 13.4. The van der Waals surface area contributed by atoms with Crippen LogP contribution in [0.25, 0.3) is 0 Å². The van der Waals surface area contributed by atoms with Crippen molar-refractivity contribution in [3.8, 4) is 0 Å². The van der Waals surface area contributed by atoms with Gasteiger partial charge in [-0.05, 0) is 43.2 Å². The molecule has 3 rings (SSSR count). The summed E-state index contributed by atoms with van der Waals surface area (Å²) in [7, 11) is 0. The minimum Gasteiger partial charge on any atom is -0.377 e. The van der Waals surface area contributed by atoms with Crippen LogP contribution in [-0.2, 0) is 16.0 Å². The number of benzene rings is 2. The second-order valence-corrected chi connectivity index (χ2v) is 7.19. The zero-order valence-corrected chi connectivity index (χ0v) is 16.2. The van der Waals surface area contributed by atoms with Crippen LogP contribution in [0.4, 0.5) is 10.1 Å². The van der Waals surface area contributed by atoms with Gasteiger partial charge in [-0.2, -0.15) is 0 Å². The summed E-state index contributed by atoms with van der Waals surface area (Å²) in [5.74, 6) is -1.01. The van der Waals surface area contributed by atoms with Gasteiger partial charge >= 0.3 is 0 Å². The first-order chi connectivity index (χ1) is 13.5. The van der Waals surface area contributed by atoms with E-state index < -0.39 is 5.92 Å². The molecule has 2 atom stereocenters. The fourth-order valence-corrected chi connectivity index (χ4v) is 3.28. The van der Waals surface area contributed by atoms with Crippen LogP contribution in [0, 0.1) is 11.7 Å². The Morgan fingerprint density at radius 1 is 1.25 bits per heavy atom. The van der Waals surface area contributed by atoms with Gasteiger partial charge in [-0.25, -0.2) is 4.39 Å². The Morgan fingerprint density at radius 2 is 2.04 bits per heavy atom. The lowest BCUT2D eigenvalue weighted by Crippen LogP contribution is -2.47. The van der Waals surface area contributed by atoms with Crippen LogP contribution in [0.1, 0.15) is 29.8 Å². The minimum absolute atomic E-state index is 0.0142. The Labute approximate surface area is 164 Å². The summed E-state index contributed by atoms with van der Waals surface area (Å²) in [6.45, 7) is 5.31. The molecule has 1 heterocycles. The molecule has 5 nitrogen and oxygen atoms in total. The van der Waals surface area contributed by atoms with Crippen molar-refractivity contribution in [2.45, 2.75) is 26.3 Å². The van der Waals surface area contributed by atoms with Crippen LogP contribution in [0.5, 0.6) is 0 Å². The molecule has 1 aliphatic rings. The standard InChI is InChI=1S/C22H25FN2O3/c1-15(12-17-6-3-4-9-20(17)23)21(26)24-19-8-5-7-18(13-19)22(27)25-10-11-28-14-16(25)2/h3-9,13,15-16H,10-12,14H2,1-2H3,(H,24,26). The monoisotopic (exact) mass is 384 g/mol. The van der Waals surface area contributed by atoms with E-state index in [0.717, 1.165) is 0 Å². The number of carbonyl (C=O) groups excluding carboxylic acids is 2. The van der Waals surface area contributed by atoms with E-state index in [9.17, 15) is 14.0 Å². The minimum atomic E-state index is -0.407. The molecule has 6 heteroatoms. The summed E-state index contributed by atoms with van der Waals surface area (Å²) < 4.78 is 19.2. The maximum Gasteiger partial charge on any atom is 0.254 e. The average molecular weight is 384 g/mol. The van der Waals surface area contributed by atoms with Gasteiger partial charge in [0.15, 0.2) is 0 Å². The van der Waals surface area contributed by atoms with Crippen molar-refractivity contribution in [3.05, 3.63) is 65.5 Å². The van der Waals surface area contributed by atoms with Crippen LogP contribution >= 0.6 is 0 Å². The number of nitrogens with one attached hydrogen (secondary N) is 1. The van der Waals surface area contributed by atoms with Crippen molar-refractivity contribution in [3.63, 3.8) is 0 Å². The molecule has 0 aliphatic carbocycles. The molecule has 2 aromatic rings. The van der Waals surface area contributed by atoms with E-state index in [-0.39, 0.29) is 23.7 Å². The van der Waals surface area contributed by atoms with Crippen LogP contribution in [0.15, 0.2) is 48.5 Å². The van der Waals surface area contributed by atoms with Crippen molar-refractivity contribution in [1.29, 1.82) is 0 Å². The number of ether oxygens (including phenoxy) is 1. The van der Waals surface area contributed by atoms with Crippen LogP contribution in [-0.4, -0.2) is 42.5 Å². The normalized spacial score (nSPS) is 17.8. The summed E-state index contributed by atoms with van der Waals surface area (Å²) in [5.41, 5.74) is 1.58. The second-order valence-electron chi connectivity index (χ2n) is 7.19. The highest BCUT2D eigenvalue weighted by Crippen LogP contribution is 2.18. The Kier molecular flexibility index (Phi) is 6.41. The largest absolute Gasteiger partial charge is 0.377 e. The average Bonchev–Trinajstić information content (AvgIpc) is 2.69. The molecule has 0 aromatic heterocycles. The zero-order valence-electron chi connectivity index (χ0n) is 16.2. The van der Waals surface area contributed by atoms with Gasteiger partial charge in [-0.15, -0.1) is 0 Å². The third kappa shape index (κ3) is 4.75. The molecule has 1 aliphatic heterocycles. The van der Waals surface area contributed by atoms with Gasteiger partial charge in [0.25, 0.3) is 5.91 Å². The molecule has 0 saturated carbocycles. The number of hydrogen-bond donors (Lipinski definition) is 1. The Balaban J connectivity index is 1.66. The molecule has 148 valence electrons.